The molecule has 0 fully saturated rings. The van der Waals surface area contributed by atoms with Crippen molar-refractivity contribution in [3.63, 3.8) is 0 Å². The number of aliphatic hydroxyl groups is 1. The highest BCUT2D eigenvalue weighted by Gasteiger charge is 2.07. The number of rotatable bonds is 8. The van der Waals surface area contributed by atoms with Crippen molar-refractivity contribution in [1.29, 1.82) is 0 Å². The summed E-state index contributed by atoms with van der Waals surface area (Å²) in [5, 5.41) is 16.9. The molecule has 1 unspecified atom stereocenters. The maximum Gasteiger partial charge on any atom is 0.191 e. The summed E-state index contributed by atoms with van der Waals surface area (Å²) >= 11 is 5.87. The highest BCUT2D eigenvalue weighted by molar-refractivity contribution is 6.30. The predicted molar refractivity (Wildman–Crippen MR) is 102 cm³/mol. The molecule has 0 saturated carbocycles. The summed E-state index contributed by atoms with van der Waals surface area (Å²) in [5.74, 6) is 0.781. The molecule has 26 heavy (non-hydrogen) atoms. The largest absolute Gasteiger partial charge is 0.491 e. The van der Waals surface area contributed by atoms with Gasteiger partial charge >= 0.3 is 0 Å². The first-order valence-electron chi connectivity index (χ1n) is 8.40. The Morgan fingerprint density at radius 2 is 1.85 bits per heavy atom. The van der Waals surface area contributed by atoms with Gasteiger partial charge in [-0.05, 0) is 48.9 Å². The lowest BCUT2D eigenvalue weighted by atomic mass is 10.2. The molecule has 0 aromatic heterocycles. The van der Waals surface area contributed by atoms with E-state index in [0.29, 0.717) is 29.8 Å². The van der Waals surface area contributed by atoms with Gasteiger partial charge < -0.3 is 20.5 Å². The van der Waals surface area contributed by atoms with E-state index in [1.807, 2.05) is 31.2 Å². The van der Waals surface area contributed by atoms with Crippen LogP contribution in [0.5, 0.6) is 5.75 Å². The number of benzene rings is 2. The van der Waals surface area contributed by atoms with E-state index in [1.165, 1.54) is 24.3 Å². The zero-order chi connectivity index (χ0) is 18.8. The number of hydrogen-bond acceptors (Lipinski definition) is 3. The fourth-order valence-corrected chi connectivity index (χ4v) is 2.22. The third kappa shape index (κ3) is 7.29. The molecule has 0 bridgehead atoms. The second kappa shape index (κ2) is 10.6. The summed E-state index contributed by atoms with van der Waals surface area (Å²) < 4.78 is 18.3. The van der Waals surface area contributed by atoms with Crippen molar-refractivity contribution < 1.29 is 14.2 Å². The lowest BCUT2D eigenvalue weighted by Gasteiger charge is -2.16. The van der Waals surface area contributed by atoms with Gasteiger partial charge in [-0.25, -0.2) is 9.38 Å². The molecule has 0 amide bonds. The van der Waals surface area contributed by atoms with Crippen molar-refractivity contribution in [2.24, 2.45) is 4.99 Å². The van der Waals surface area contributed by atoms with Gasteiger partial charge in [-0.15, -0.1) is 0 Å². The van der Waals surface area contributed by atoms with Crippen molar-refractivity contribution >= 4 is 17.6 Å². The van der Waals surface area contributed by atoms with Crippen LogP contribution in [0.3, 0.4) is 0 Å². The molecular weight excluding hydrogens is 357 g/mol. The number of ether oxygens (including phenoxy) is 1. The van der Waals surface area contributed by atoms with Crippen LogP contribution in [-0.2, 0) is 6.54 Å². The number of aliphatic imine (C=N–C) groups is 1. The van der Waals surface area contributed by atoms with Crippen LogP contribution >= 0.6 is 11.6 Å². The second-order valence-corrected chi connectivity index (χ2v) is 6.06. The van der Waals surface area contributed by atoms with Gasteiger partial charge in [-0.1, -0.05) is 23.7 Å². The van der Waals surface area contributed by atoms with E-state index in [0.717, 1.165) is 5.56 Å². The molecule has 0 aliphatic rings. The molecule has 0 saturated heterocycles. The number of guanidine groups is 1. The highest BCUT2D eigenvalue weighted by Crippen LogP contribution is 2.11. The van der Waals surface area contributed by atoms with Crippen LogP contribution in [0.25, 0.3) is 0 Å². The first-order chi connectivity index (χ1) is 12.6. The zero-order valence-corrected chi connectivity index (χ0v) is 15.3. The number of halogens is 2. The minimum absolute atomic E-state index is 0.0925. The minimum atomic E-state index is -0.737. The normalized spacial score (nSPS) is 12.5. The summed E-state index contributed by atoms with van der Waals surface area (Å²) in [5.41, 5.74) is 1.03. The second-order valence-electron chi connectivity index (χ2n) is 5.62. The van der Waals surface area contributed by atoms with Crippen molar-refractivity contribution in [2.75, 3.05) is 19.7 Å². The van der Waals surface area contributed by atoms with E-state index in [1.54, 1.807) is 0 Å². The van der Waals surface area contributed by atoms with Crippen molar-refractivity contribution in [1.82, 2.24) is 10.6 Å². The lowest BCUT2D eigenvalue weighted by molar-refractivity contribution is 0.110. The molecule has 0 aliphatic heterocycles. The Bertz CT molecular complexity index is 693. The van der Waals surface area contributed by atoms with Gasteiger partial charge in [0.2, 0.25) is 0 Å². The molecule has 5 nitrogen and oxygen atoms in total. The van der Waals surface area contributed by atoms with E-state index >= 15 is 0 Å². The Hall–Kier alpha value is -2.31. The third-order valence-electron chi connectivity index (χ3n) is 3.44. The Morgan fingerprint density at radius 1 is 1.15 bits per heavy atom. The van der Waals surface area contributed by atoms with Gasteiger partial charge in [0.15, 0.2) is 5.96 Å². The summed E-state index contributed by atoms with van der Waals surface area (Å²) in [7, 11) is 0. The summed E-state index contributed by atoms with van der Waals surface area (Å²) in [6, 6.07) is 13.1. The van der Waals surface area contributed by atoms with Gasteiger partial charge in [0.05, 0.1) is 6.54 Å². The molecule has 2 aromatic carbocycles. The number of hydrogen-bond donors (Lipinski definition) is 3. The van der Waals surface area contributed by atoms with Crippen LogP contribution in [0.15, 0.2) is 53.5 Å². The van der Waals surface area contributed by atoms with Crippen LogP contribution in [-0.4, -0.2) is 36.9 Å². The van der Waals surface area contributed by atoms with E-state index < -0.39 is 6.10 Å². The zero-order valence-electron chi connectivity index (χ0n) is 14.6. The molecular formula is C19H23ClFN3O2. The SMILES string of the molecule is CCNC(=NCc1ccc(Cl)cc1)NCC(O)COc1ccc(F)cc1. The number of nitrogens with zero attached hydrogens (tertiary/aromatic N) is 1. The van der Waals surface area contributed by atoms with Crippen LogP contribution in [0.1, 0.15) is 12.5 Å². The topological polar surface area (TPSA) is 65.9 Å². The average Bonchev–Trinajstić information content (AvgIpc) is 2.65. The van der Waals surface area contributed by atoms with Crippen molar-refractivity contribution in [3.8, 4) is 5.75 Å². The van der Waals surface area contributed by atoms with Gasteiger partial charge in [0.1, 0.15) is 24.3 Å². The molecule has 2 aromatic rings. The molecule has 1 atom stereocenters. The standard InChI is InChI=1S/C19H23ClFN3O2/c1-2-22-19(23-11-14-3-5-15(20)6-4-14)24-12-17(25)13-26-18-9-7-16(21)8-10-18/h3-10,17,25H,2,11-13H2,1H3,(H2,22,23,24). The average molecular weight is 380 g/mol. The molecule has 0 spiro atoms. The maximum absolute atomic E-state index is 12.8. The fraction of sp³-hybridized carbons (Fsp3) is 0.316. The third-order valence-corrected chi connectivity index (χ3v) is 3.69. The smallest absolute Gasteiger partial charge is 0.191 e. The molecule has 0 heterocycles. The quantitative estimate of drug-likeness (QED) is 0.487. The van der Waals surface area contributed by atoms with Crippen molar-refractivity contribution in [2.45, 2.75) is 19.6 Å². The molecule has 2 rings (SSSR count). The molecule has 3 N–H and O–H groups in total. The molecule has 7 heteroatoms. The Balaban J connectivity index is 1.79. The predicted octanol–water partition coefficient (Wildman–Crippen LogP) is 2.97. The first-order valence-corrected chi connectivity index (χ1v) is 8.77. The number of nitrogens with one attached hydrogen (secondary N) is 2. The summed E-state index contributed by atoms with van der Waals surface area (Å²) in [4.78, 5) is 4.47. The minimum Gasteiger partial charge on any atom is -0.491 e. The Kier molecular flexibility index (Phi) is 8.18. The fourth-order valence-electron chi connectivity index (χ4n) is 2.10. The Labute approximate surface area is 157 Å². The lowest BCUT2D eigenvalue weighted by Crippen LogP contribution is -2.42. The summed E-state index contributed by atoms with van der Waals surface area (Å²) in [6.45, 7) is 3.53. The van der Waals surface area contributed by atoms with Gasteiger partial charge in [0.25, 0.3) is 0 Å². The van der Waals surface area contributed by atoms with E-state index in [-0.39, 0.29) is 19.0 Å². The summed E-state index contributed by atoms with van der Waals surface area (Å²) in [6.07, 6.45) is -0.737. The van der Waals surface area contributed by atoms with Gasteiger partial charge in [-0.3, -0.25) is 0 Å². The van der Waals surface area contributed by atoms with E-state index in [4.69, 9.17) is 16.3 Å². The highest BCUT2D eigenvalue weighted by atomic mass is 35.5. The first kappa shape index (κ1) is 20.0. The van der Waals surface area contributed by atoms with Gasteiger partial charge in [-0.2, -0.15) is 0 Å². The van der Waals surface area contributed by atoms with E-state index in [2.05, 4.69) is 15.6 Å². The van der Waals surface area contributed by atoms with Gasteiger partial charge in [0, 0.05) is 18.1 Å². The Morgan fingerprint density at radius 3 is 2.50 bits per heavy atom. The van der Waals surface area contributed by atoms with Crippen LogP contribution in [0.2, 0.25) is 5.02 Å². The maximum atomic E-state index is 12.8. The van der Waals surface area contributed by atoms with Crippen LogP contribution in [0, 0.1) is 5.82 Å². The van der Waals surface area contributed by atoms with Crippen LogP contribution in [0.4, 0.5) is 4.39 Å². The van der Waals surface area contributed by atoms with Crippen LogP contribution < -0.4 is 15.4 Å². The van der Waals surface area contributed by atoms with Crippen molar-refractivity contribution in [3.05, 3.63) is 64.9 Å². The molecule has 0 aliphatic carbocycles. The van der Waals surface area contributed by atoms with E-state index in [9.17, 15) is 9.50 Å². The monoisotopic (exact) mass is 379 g/mol. The number of aliphatic hydroxyl groups excluding tert-OH is 1. The molecule has 140 valence electrons. The molecule has 0 radical (unpaired) electrons.